The zero-order valence-electron chi connectivity index (χ0n) is 8.32. The van der Waals surface area contributed by atoms with E-state index in [0.29, 0.717) is 11.7 Å². The molecule has 0 radical (unpaired) electrons. The van der Waals surface area contributed by atoms with E-state index in [4.69, 9.17) is 5.11 Å². The molecule has 1 aromatic rings. The van der Waals surface area contributed by atoms with Crippen molar-refractivity contribution in [2.24, 2.45) is 5.92 Å². The van der Waals surface area contributed by atoms with Gasteiger partial charge in [-0.05, 0) is 18.1 Å². The van der Waals surface area contributed by atoms with E-state index in [2.05, 4.69) is 24.1 Å². The Morgan fingerprint density at radius 1 is 1.64 bits per heavy atom. The van der Waals surface area contributed by atoms with Crippen molar-refractivity contribution in [3.05, 3.63) is 23.9 Å². The fourth-order valence-electron chi connectivity index (χ4n) is 1.02. The summed E-state index contributed by atoms with van der Waals surface area (Å²) in [6.45, 7) is 4.82. The Morgan fingerprint density at radius 3 is 2.93 bits per heavy atom. The van der Waals surface area contributed by atoms with Gasteiger partial charge in [-0.2, -0.15) is 0 Å². The lowest BCUT2D eigenvalue weighted by Gasteiger charge is -2.09. The van der Waals surface area contributed by atoms with Crippen LogP contribution in [0.2, 0.25) is 0 Å². The highest BCUT2D eigenvalue weighted by molar-refractivity contribution is 5.92. The molecule has 2 N–H and O–H groups in total. The van der Waals surface area contributed by atoms with E-state index in [1.807, 2.05) is 0 Å². The Kier molecular flexibility index (Phi) is 3.45. The van der Waals surface area contributed by atoms with Crippen LogP contribution in [0, 0.1) is 5.92 Å². The summed E-state index contributed by atoms with van der Waals surface area (Å²) in [6.07, 6.45) is 1.58. The van der Waals surface area contributed by atoms with Gasteiger partial charge in [0.05, 0.1) is 0 Å². The number of carboxylic acids is 1. The molecule has 0 unspecified atom stereocenters. The number of anilines is 1. The molecule has 1 rings (SSSR count). The highest BCUT2D eigenvalue weighted by atomic mass is 16.4. The van der Waals surface area contributed by atoms with Crippen LogP contribution < -0.4 is 5.32 Å². The summed E-state index contributed by atoms with van der Waals surface area (Å²) in [5, 5.41) is 11.9. The number of aromatic nitrogens is 1. The molecule has 0 aliphatic rings. The van der Waals surface area contributed by atoms with Crippen molar-refractivity contribution in [3.8, 4) is 0 Å². The van der Waals surface area contributed by atoms with E-state index in [0.717, 1.165) is 6.54 Å². The molecular formula is C10H14N2O2. The number of hydrogen-bond donors (Lipinski definition) is 2. The van der Waals surface area contributed by atoms with Crippen LogP contribution in [0.15, 0.2) is 18.3 Å². The van der Waals surface area contributed by atoms with Crippen LogP contribution in [-0.2, 0) is 0 Å². The maximum Gasteiger partial charge on any atom is 0.339 e. The molecule has 0 aliphatic carbocycles. The second kappa shape index (κ2) is 4.60. The number of hydrogen-bond acceptors (Lipinski definition) is 3. The fourth-order valence-corrected chi connectivity index (χ4v) is 1.02. The molecule has 0 atom stereocenters. The van der Waals surface area contributed by atoms with Crippen LogP contribution in [0.4, 0.5) is 5.82 Å². The Labute approximate surface area is 83.0 Å². The number of nitrogens with zero attached hydrogens (tertiary/aromatic N) is 1. The Hall–Kier alpha value is -1.58. The first-order chi connectivity index (χ1) is 6.61. The topological polar surface area (TPSA) is 62.2 Å². The molecule has 76 valence electrons. The van der Waals surface area contributed by atoms with E-state index in [9.17, 15) is 4.79 Å². The highest BCUT2D eigenvalue weighted by Gasteiger charge is 2.09. The molecule has 0 bridgehead atoms. The van der Waals surface area contributed by atoms with Gasteiger partial charge in [-0.25, -0.2) is 9.78 Å². The zero-order chi connectivity index (χ0) is 10.6. The van der Waals surface area contributed by atoms with Gasteiger partial charge in [0.1, 0.15) is 11.4 Å². The summed E-state index contributed by atoms with van der Waals surface area (Å²) in [7, 11) is 0. The maximum absolute atomic E-state index is 10.8. The molecule has 14 heavy (non-hydrogen) atoms. The van der Waals surface area contributed by atoms with Crippen LogP contribution in [-0.4, -0.2) is 22.6 Å². The summed E-state index contributed by atoms with van der Waals surface area (Å²) in [5.74, 6) is -0.0586. The van der Waals surface area contributed by atoms with Crippen molar-refractivity contribution >= 4 is 11.8 Å². The first-order valence-electron chi connectivity index (χ1n) is 4.53. The predicted octanol–water partition coefficient (Wildman–Crippen LogP) is 1.85. The lowest BCUT2D eigenvalue weighted by molar-refractivity contribution is 0.0697. The van der Waals surface area contributed by atoms with E-state index in [-0.39, 0.29) is 5.56 Å². The lowest BCUT2D eigenvalue weighted by atomic mass is 10.2. The second-order valence-corrected chi connectivity index (χ2v) is 3.48. The third kappa shape index (κ3) is 2.73. The molecule has 0 spiro atoms. The fraction of sp³-hybridized carbons (Fsp3) is 0.400. The van der Waals surface area contributed by atoms with Gasteiger partial charge in [0, 0.05) is 12.7 Å². The molecule has 0 aliphatic heterocycles. The highest BCUT2D eigenvalue weighted by Crippen LogP contribution is 2.11. The lowest BCUT2D eigenvalue weighted by Crippen LogP contribution is -2.12. The molecule has 0 amide bonds. The average Bonchev–Trinajstić information content (AvgIpc) is 2.15. The van der Waals surface area contributed by atoms with Gasteiger partial charge in [-0.3, -0.25) is 0 Å². The maximum atomic E-state index is 10.8. The molecule has 0 saturated carbocycles. The van der Waals surface area contributed by atoms with Gasteiger partial charge in [-0.1, -0.05) is 13.8 Å². The SMILES string of the molecule is CC(C)CNc1ncccc1C(=O)O. The van der Waals surface area contributed by atoms with E-state index in [1.165, 1.54) is 6.07 Å². The minimum atomic E-state index is -0.954. The van der Waals surface area contributed by atoms with Gasteiger partial charge >= 0.3 is 5.97 Å². The molecule has 0 saturated heterocycles. The van der Waals surface area contributed by atoms with E-state index < -0.39 is 5.97 Å². The smallest absolute Gasteiger partial charge is 0.339 e. The number of carboxylic acid groups (broad SMARTS) is 1. The van der Waals surface area contributed by atoms with E-state index in [1.54, 1.807) is 12.3 Å². The van der Waals surface area contributed by atoms with Crippen molar-refractivity contribution in [2.75, 3.05) is 11.9 Å². The zero-order valence-corrected chi connectivity index (χ0v) is 8.32. The molecule has 0 aromatic carbocycles. The summed E-state index contributed by atoms with van der Waals surface area (Å²) in [4.78, 5) is 14.8. The molecule has 4 heteroatoms. The molecule has 0 fully saturated rings. The summed E-state index contributed by atoms with van der Waals surface area (Å²) < 4.78 is 0. The van der Waals surface area contributed by atoms with Crippen LogP contribution in [0.5, 0.6) is 0 Å². The monoisotopic (exact) mass is 194 g/mol. The summed E-state index contributed by atoms with van der Waals surface area (Å²) >= 11 is 0. The third-order valence-corrected chi connectivity index (χ3v) is 1.72. The second-order valence-electron chi connectivity index (χ2n) is 3.48. The molecular weight excluding hydrogens is 180 g/mol. The molecule has 4 nitrogen and oxygen atoms in total. The van der Waals surface area contributed by atoms with Crippen molar-refractivity contribution < 1.29 is 9.90 Å². The van der Waals surface area contributed by atoms with Crippen LogP contribution in [0.1, 0.15) is 24.2 Å². The first kappa shape index (κ1) is 10.5. The van der Waals surface area contributed by atoms with Gasteiger partial charge < -0.3 is 10.4 Å². The number of pyridine rings is 1. The summed E-state index contributed by atoms with van der Waals surface area (Å²) in [5.41, 5.74) is 0.216. The Bertz CT molecular complexity index is 324. The number of carbonyl (C=O) groups is 1. The van der Waals surface area contributed by atoms with E-state index >= 15 is 0 Å². The van der Waals surface area contributed by atoms with Gasteiger partial charge in [0.2, 0.25) is 0 Å². The summed E-state index contributed by atoms with van der Waals surface area (Å²) in [6, 6.07) is 3.15. The van der Waals surface area contributed by atoms with Gasteiger partial charge in [0.15, 0.2) is 0 Å². The average molecular weight is 194 g/mol. The first-order valence-corrected chi connectivity index (χ1v) is 4.53. The van der Waals surface area contributed by atoms with Gasteiger partial charge in [-0.15, -0.1) is 0 Å². The number of rotatable bonds is 4. The minimum Gasteiger partial charge on any atom is -0.478 e. The minimum absolute atomic E-state index is 0.216. The van der Waals surface area contributed by atoms with Crippen LogP contribution >= 0.6 is 0 Å². The largest absolute Gasteiger partial charge is 0.478 e. The molecule has 1 heterocycles. The van der Waals surface area contributed by atoms with Gasteiger partial charge in [0.25, 0.3) is 0 Å². The Morgan fingerprint density at radius 2 is 2.36 bits per heavy atom. The van der Waals surface area contributed by atoms with Crippen molar-refractivity contribution in [1.82, 2.24) is 4.98 Å². The Balaban J connectivity index is 2.79. The number of aromatic carboxylic acids is 1. The normalized spacial score (nSPS) is 10.2. The molecule has 1 aromatic heterocycles. The van der Waals surface area contributed by atoms with Crippen molar-refractivity contribution in [3.63, 3.8) is 0 Å². The third-order valence-electron chi connectivity index (χ3n) is 1.72. The van der Waals surface area contributed by atoms with Crippen LogP contribution in [0.25, 0.3) is 0 Å². The van der Waals surface area contributed by atoms with Crippen molar-refractivity contribution in [1.29, 1.82) is 0 Å². The van der Waals surface area contributed by atoms with Crippen molar-refractivity contribution in [2.45, 2.75) is 13.8 Å². The quantitative estimate of drug-likeness (QED) is 0.767. The van der Waals surface area contributed by atoms with Crippen LogP contribution in [0.3, 0.4) is 0 Å². The standard InChI is InChI=1S/C10H14N2O2/c1-7(2)6-12-9-8(10(13)14)4-3-5-11-9/h3-5,7H,6H2,1-2H3,(H,11,12)(H,13,14). The predicted molar refractivity (Wildman–Crippen MR) is 54.5 cm³/mol. The number of nitrogens with one attached hydrogen (secondary N) is 1.